The number of aromatic nitrogens is 2. The lowest BCUT2D eigenvalue weighted by molar-refractivity contribution is 0.100. The molecular formula is C10H6Cl2N2O. The van der Waals surface area contributed by atoms with Gasteiger partial charge in [0, 0.05) is 12.3 Å². The van der Waals surface area contributed by atoms with Gasteiger partial charge in [0.05, 0.1) is 10.5 Å². The third-order valence-corrected chi connectivity index (χ3v) is 2.54. The highest BCUT2D eigenvalue weighted by Gasteiger charge is 2.10. The molecule has 0 N–H and O–H groups in total. The van der Waals surface area contributed by atoms with Crippen LogP contribution in [0.15, 0.2) is 18.2 Å². The summed E-state index contributed by atoms with van der Waals surface area (Å²) in [4.78, 5) is 19.1. The molecule has 0 spiro atoms. The van der Waals surface area contributed by atoms with E-state index >= 15 is 0 Å². The second-order valence-corrected chi connectivity index (χ2v) is 3.80. The average Bonchev–Trinajstić information content (AvgIpc) is 2.19. The van der Waals surface area contributed by atoms with Gasteiger partial charge in [0.25, 0.3) is 0 Å². The number of hydrogen-bond acceptors (Lipinski definition) is 3. The van der Waals surface area contributed by atoms with Gasteiger partial charge in [-0.1, -0.05) is 29.3 Å². The molecule has 76 valence electrons. The Labute approximate surface area is 96.1 Å². The standard InChI is InChI=1S/C10H6Cl2N2O/c1-5(15)10-13-8-6(9(12)14-10)3-2-4-7(8)11/h2-4H,1H3. The molecule has 0 bridgehead atoms. The molecule has 1 aromatic carbocycles. The van der Waals surface area contributed by atoms with Crippen molar-refractivity contribution in [1.82, 2.24) is 9.97 Å². The molecule has 0 aliphatic heterocycles. The Morgan fingerprint density at radius 3 is 2.67 bits per heavy atom. The lowest BCUT2D eigenvalue weighted by Gasteiger charge is -2.02. The van der Waals surface area contributed by atoms with Crippen LogP contribution in [0.4, 0.5) is 0 Å². The van der Waals surface area contributed by atoms with Gasteiger partial charge in [-0.25, -0.2) is 9.97 Å². The summed E-state index contributed by atoms with van der Waals surface area (Å²) in [6, 6.07) is 5.21. The summed E-state index contributed by atoms with van der Waals surface area (Å²) in [5, 5.41) is 1.35. The number of para-hydroxylation sites is 1. The van der Waals surface area contributed by atoms with Crippen LogP contribution in [-0.2, 0) is 0 Å². The Morgan fingerprint density at radius 1 is 1.27 bits per heavy atom. The van der Waals surface area contributed by atoms with E-state index in [9.17, 15) is 4.79 Å². The van der Waals surface area contributed by atoms with Gasteiger partial charge in [0.1, 0.15) is 5.15 Å². The average molecular weight is 241 g/mol. The molecule has 0 saturated heterocycles. The van der Waals surface area contributed by atoms with Gasteiger partial charge in [-0.15, -0.1) is 0 Å². The number of hydrogen-bond donors (Lipinski definition) is 0. The molecule has 15 heavy (non-hydrogen) atoms. The summed E-state index contributed by atoms with van der Waals surface area (Å²) in [5.74, 6) is -0.153. The van der Waals surface area contributed by atoms with Crippen LogP contribution in [-0.4, -0.2) is 15.8 Å². The Bertz CT molecular complexity index is 554. The zero-order valence-corrected chi connectivity index (χ0v) is 9.30. The van der Waals surface area contributed by atoms with Crippen LogP contribution in [0.1, 0.15) is 17.5 Å². The number of fused-ring (bicyclic) bond motifs is 1. The molecule has 5 heteroatoms. The third-order valence-electron chi connectivity index (χ3n) is 1.95. The molecule has 0 unspecified atom stereocenters. The number of rotatable bonds is 1. The lowest BCUT2D eigenvalue weighted by atomic mass is 10.2. The highest BCUT2D eigenvalue weighted by molar-refractivity contribution is 6.38. The first kappa shape index (κ1) is 10.3. The van der Waals surface area contributed by atoms with E-state index in [1.54, 1.807) is 18.2 Å². The van der Waals surface area contributed by atoms with Crippen molar-refractivity contribution in [1.29, 1.82) is 0 Å². The molecule has 3 nitrogen and oxygen atoms in total. The molecule has 2 aromatic rings. The number of benzene rings is 1. The van der Waals surface area contributed by atoms with Crippen molar-refractivity contribution < 1.29 is 4.79 Å². The summed E-state index contributed by atoms with van der Waals surface area (Å²) >= 11 is 11.9. The minimum absolute atomic E-state index is 0.0839. The highest BCUT2D eigenvalue weighted by Crippen LogP contribution is 2.26. The predicted molar refractivity (Wildman–Crippen MR) is 59.6 cm³/mol. The number of ketones is 1. The smallest absolute Gasteiger partial charge is 0.197 e. The zero-order valence-electron chi connectivity index (χ0n) is 7.79. The molecule has 0 saturated carbocycles. The largest absolute Gasteiger partial charge is 0.291 e. The second kappa shape index (κ2) is 3.76. The molecular weight excluding hydrogens is 235 g/mol. The molecule has 0 amide bonds. The topological polar surface area (TPSA) is 42.9 Å². The first-order valence-corrected chi connectivity index (χ1v) is 4.98. The van der Waals surface area contributed by atoms with Crippen molar-refractivity contribution in [2.45, 2.75) is 6.92 Å². The summed E-state index contributed by atoms with van der Waals surface area (Å²) in [5.41, 5.74) is 0.504. The first-order valence-electron chi connectivity index (χ1n) is 4.22. The third kappa shape index (κ3) is 1.80. The highest BCUT2D eigenvalue weighted by atomic mass is 35.5. The lowest BCUT2D eigenvalue weighted by Crippen LogP contribution is -2.01. The van der Waals surface area contributed by atoms with E-state index in [0.717, 1.165) is 0 Å². The summed E-state index contributed by atoms with van der Waals surface area (Å²) in [6.07, 6.45) is 0. The molecule has 0 aliphatic carbocycles. The fourth-order valence-corrected chi connectivity index (χ4v) is 1.69. The minimum atomic E-state index is -0.237. The van der Waals surface area contributed by atoms with E-state index < -0.39 is 0 Å². The number of carbonyl (C=O) groups is 1. The zero-order chi connectivity index (χ0) is 11.0. The van der Waals surface area contributed by atoms with E-state index in [2.05, 4.69) is 9.97 Å². The van der Waals surface area contributed by atoms with Gasteiger partial charge < -0.3 is 0 Å². The van der Waals surface area contributed by atoms with Crippen molar-refractivity contribution in [2.24, 2.45) is 0 Å². The maximum absolute atomic E-state index is 11.1. The van der Waals surface area contributed by atoms with Crippen LogP contribution in [0.25, 0.3) is 10.9 Å². The summed E-state index contributed by atoms with van der Waals surface area (Å²) < 4.78 is 0. The molecule has 0 atom stereocenters. The molecule has 1 heterocycles. The van der Waals surface area contributed by atoms with Crippen molar-refractivity contribution in [3.05, 3.63) is 34.2 Å². The van der Waals surface area contributed by atoms with E-state index in [-0.39, 0.29) is 16.8 Å². The van der Waals surface area contributed by atoms with E-state index in [0.29, 0.717) is 15.9 Å². The van der Waals surface area contributed by atoms with Crippen LogP contribution in [0.3, 0.4) is 0 Å². The van der Waals surface area contributed by atoms with Gasteiger partial charge in [-0.3, -0.25) is 4.79 Å². The Kier molecular flexibility index (Phi) is 2.59. The quantitative estimate of drug-likeness (QED) is 0.569. The Balaban J connectivity index is 2.85. The Morgan fingerprint density at radius 2 is 2.00 bits per heavy atom. The van der Waals surface area contributed by atoms with Crippen LogP contribution >= 0.6 is 23.2 Å². The molecule has 1 aromatic heterocycles. The molecule has 0 aliphatic rings. The fourth-order valence-electron chi connectivity index (χ4n) is 1.24. The monoisotopic (exact) mass is 240 g/mol. The normalized spacial score (nSPS) is 10.6. The number of halogens is 2. The fraction of sp³-hybridized carbons (Fsp3) is 0.100. The summed E-state index contributed by atoms with van der Waals surface area (Å²) in [6.45, 7) is 1.38. The number of carbonyl (C=O) groups excluding carboxylic acids is 1. The van der Waals surface area contributed by atoms with Gasteiger partial charge in [-0.2, -0.15) is 0 Å². The first-order chi connectivity index (χ1) is 7.09. The maximum atomic E-state index is 11.1. The molecule has 0 fully saturated rings. The van der Waals surface area contributed by atoms with Gasteiger partial charge in [0.2, 0.25) is 0 Å². The maximum Gasteiger partial charge on any atom is 0.197 e. The van der Waals surface area contributed by atoms with Crippen molar-refractivity contribution in [3.63, 3.8) is 0 Å². The predicted octanol–water partition coefficient (Wildman–Crippen LogP) is 3.14. The van der Waals surface area contributed by atoms with E-state index in [1.807, 2.05) is 0 Å². The molecule has 2 rings (SSSR count). The van der Waals surface area contributed by atoms with Crippen LogP contribution < -0.4 is 0 Å². The number of Topliss-reactive ketones (excluding diaryl/α,β-unsaturated/α-hetero) is 1. The Hall–Kier alpha value is -1.19. The van der Waals surface area contributed by atoms with Crippen LogP contribution in [0.5, 0.6) is 0 Å². The second-order valence-electron chi connectivity index (χ2n) is 3.03. The van der Waals surface area contributed by atoms with Gasteiger partial charge in [0.15, 0.2) is 11.6 Å². The summed E-state index contributed by atoms with van der Waals surface area (Å²) in [7, 11) is 0. The van der Waals surface area contributed by atoms with Gasteiger partial charge in [-0.05, 0) is 12.1 Å². The minimum Gasteiger partial charge on any atom is -0.291 e. The van der Waals surface area contributed by atoms with Gasteiger partial charge >= 0.3 is 0 Å². The van der Waals surface area contributed by atoms with Crippen LogP contribution in [0.2, 0.25) is 10.2 Å². The van der Waals surface area contributed by atoms with Crippen molar-refractivity contribution >= 4 is 39.9 Å². The number of nitrogens with zero attached hydrogens (tertiary/aromatic N) is 2. The van der Waals surface area contributed by atoms with Crippen molar-refractivity contribution in [2.75, 3.05) is 0 Å². The van der Waals surface area contributed by atoms with Crippen LogP contribution in [0, 0.1) is 0 Å². The van der Waals surface area contributed by atoms with Crippen molar-refractivity contribution in [3.8, 4) is 0 Å². The van der Waals surface area contributed by atoms with E-state index in [4.69, 9.17) is 23.2 Å². The SMILES string of the molecule is CC(=O)c1nc(Cl)c2cccc(Cl)c2n1. The molecule has 0 radical (unpaired) electrons. The van der Waals surface area contributed by atoms with E-state index in [1.165, 1.54) is 6.92 Å².